The van der Waals surface area contributed by atoms with Gasteiger partial charge in [0.05, 0.1) is 11.9 Å². The number of benzene rings is 1. The van der Waals surface area contributed by atoms with Gasteiger partial charge in [0.2, 0.25) is 0 Å². The zero-order chi connectivity index (χ0) is 15.4. The van der Waals surface area contributed by atoms with Crippen LogP contribution in [0, 0.1) is 0 Å². The lowest BCUT2D eigenvalue weighted by molar-refractivity contribution is 0.703. The van der Waals surface area contributed by atoms with Crippen LogP contribution in [0.1, 0.15) is 6.92 Å². The molecule has 0 saturated carbocycles. The molecule has 2 aromatic rings. The highest BCUT2D eigenvalue weighted by Gasteiger charge is 2.09. The SMILES string of the molecule is CC(CNc1cnn(C)c(=O)c1Br)Sc1ccc(Br)cc1. The Labute approximate surface area is 144 Å². The number of aromatic nitrogens is 2. The summed E-state index contributed by atoms with van der Waals surface area (Å²) in [5.41, 5.74) is 0.578. The van der Waals surface area contributed by atoms with E-state index in [2.05, 4.69) is 61.3 Å². The van der Waals surface area contributed by atoms with E-state index in [1.54, 1.807) is 25.0 Å². The average Bonchev–Trinajstić information content (AvgIpc) is 2.46. The van der Waals surface area contributed by atoms with Crippen LogP contribution < -0.4 is 10.9 Å². The molecule has 0 spiro atoms. The largest absolute Gasteiger partial charge is 0.382 e. The molecule has 1 atom stereocenters. The molecular weight excluding hydrogens is 418 g/mol. The molecule has 1 N–H and O–H groups in total. The van der Waals surface area contributed by atoms with Crippen molar-refractivity contribution >= 4 is 49.3 Å². The van der Waals surface area contributed by atoms with Crippen molar-refractivity contribution in [3.63, 3.8) is 0 Å². The van der Waals surface area contributed by atoms with Gasteiger partial charge in [0.25, 0.3) is 5.56 Å². The van der Waals surface area contributed by atoms with Crippen LogP contribution in [0.3, 0.4) is 0 Å². The zero-order valence-electron chi connectivity index (χ0n) is 11.6. The average molecular weight is 433 g/mol. The highest BCUT2D eigenvalue weighted by molar-refractivity contribution is 9.10. The first kappa shape index (κ1) is 16.6. The van der Waals surface area contributed by atoms with Gasteiger partial charge in [0, 0.05) is 28.2 Å². The Balaban J connectivity index is 1.95. The quantitative estimate of drug-likeness (QED) is 0.727. The molecule has 7 heteroatoms. The van der Waals surface area contributed by atoms with Crippen molar-refractivity contribution in [2.24, 2.45) is 7.05 Å². The fraction of sp³-hybridized carbons (Fsp3) is 0.286. The Morgan fingerprint density at radius 3 is 2.67 bits per heavy atom. The van der Waals surface area contributed by atoms with Crippen LogP contribution in [0.2, 0.25) is 0 Å². The zero-order valence-corrected chi connectivity index (χ0v) is 15.6. The van der Waals surface area contributed by atoms with E-state index in [-0.39, 0.29) is 5.56 Å². The van der Waals surface area contributed by atoms with E-state index >= 15 is 0 Å². The molecule has 2 rings (SSSR count). The number of anilines is 1. The van der Waals surface area contributed by atoms with Gasteiger partial charge in [-0.1, -0.05) is 22.9 Å². The maximum absolute atomic E-state index is 11.8. The third-order valence-corrected chi connectivity index (χ3v) is 5.22. The van der Waals surface area contributed by atoms with Gasteiger partial charge in [-0.25, -0.2) is 4.68 Å². The van der Waals surface area contributed by atoms with Gasteiger partial charge in [-0.3, -0.25) is 4.79 Å². The molecule has 112 valence electrons. The normalized spacial score (nSPS) is 12.2. The van der Waals surface area contributed by atoms with E-state index in [9.17, 15) is 4.79 Å². The summed E-state index contributed by atoms with van der Waals surface area (Å²) in [6, 6.07) is 8.23. The minimum absolute atomic E-state index is 0.145. The van der Waals surface area contributed by atoms with Gasteiger partial charge in [-0.15, -0.1) is 11.8 Å². The van der Waals surface area contributed by atoms with Crippen molar-refractivity contribution in [3.8, 4) is 0 Å². The molecule has 0 aliphatic carbocycles. The van der Waals surface area contributed by atoms with Crippen molar-refractivity contribution in [2.45, 2.75) is 17.1 Å². The lowest BCUT2D eigenvalue weighted by Gasteiger charge is -2.14. The molecule has 1 unspecified atom stereocenters. The van der Waals surface area contributed by atoms with Crippen LogP contribution in [-0.2, 0) is 7.05 Å². The summed E-state index contributed by atoms with van der Waals surface area (Å²) in [6.45, 7) is 2.89. The van der Waals surface area contributed by atoms with Crippen molar-refractivity contribution < 1.29 is 0 Å². The third kappa shape index (κ3) is 4.59. The van der Waals surface area contributed by atoms with Crippen LogP contribution >= 0.6 is 43.6 Å². The number of rotatable bonds is 5. The number of hydrogen-bond acceptors (Lipinski definition) is 4. The number of halogens is 2. The van der Waals surface area contributed by atoms with Gasteiger partial charge in [-0.05, 0) is 40.2 Å². The third-order valence-electron chi connectivity index (χ3n) is 2.81. The van der Waals surface area contributed by atoms with Crippen molar-refractivity contribution in [2.75, 3.05) is 11.9 Å². The summed E-state index contributed by atoms with van der Waals surface area (Å²) in [5, 5.41) is 7.63. The molecular formula is C14H15Br2N3OS. The van der Waals surface area contributed by atoms with E-state index in [1.165, 1.54) is 9.58 Å². The molecule has 0 radical (unpaired) electrons. The van der Waals surface area contributed by atoms with E-state index in [0.717, 1.165) is 16.7 Å². The standard InChI is InChI=1S/C14H15Br2N3OS/c1-9(21-11-5-3-10(15)4-6-11)7-17-12-8-18-19(2)14(20)13(12)16/h3-6,8-9,17H,7H2,1-2H3. The maximum atomic E-state index is 11.8. The van der Waals surface area contributed by atoms with Gasteiger partial charge < -0.3 is 5.32 Å². The molecule has 0 aliphatic heterocycles. The second-order valence-corrected chi connectivity index (χ2v) is 7.78. The Bertz CT molecular complexity index is 673. The molecule has 1 aromatic carbocycles. The minimum atomic E-state index is -0.145. The predicted octanol–water partition coefficient (Wildman–Crippen LogP) is 3.90. The molecule has 0 fully saturated rings. The second kappa shape index (κ2) is 7.47. The summed E-state index contributed by atoms with van der Waals surface area (Å²) in [4.78, 5) is 13.0. The Morgan fingerprint density at radius 1 is 1.33 bits per heavy atom. The first-order valence-corrected chi connectivity index (χ1v) is 8.82. The highest BCUT2D eigenvalue weighted by atomic mass is 79.9. The van der Waals surface area contributed by atoms with E-state index in [0.29, 0.717) is 9.72 Å². The Kier molecular flexibility index (Phi) is 5.89. The second-order valence-electron chi connectivity index (χ2n) is 4.56. The van der Waals surface area contributed by atoms with E-state index in [4.69, 9.17) is 0 Å². The fourth-order valence-electron chi connectivity index (χ4n) is 1.67. The molecule has 1 heterocycles. The van der Waals surface area contributed by atoms with Gasteiger partial charge >= 0.3 is 0 Å². The number of thioether (sulfide) groups is 1. The van der Waals surface area contributed by atoms with Gasteiger partial charge in [0.15, 0.2) is 0 Å². The summed E-state index contributed by atoms with van der Waals surface area (Å²) in [7, 11) is 1.63. The van der Waals surface area contributed by atoms with Crippen LogP contribution in [0.15, 0.2) is 49.1 Å². The van der Waals surface area contributed by atoms with Crippen LogP contribution in [0.4, 0.5) is 5.69 Å². The highest BCUT2D eigenvalue weighted by Crippen LogP contribution is 2.25. The molecule has 21 heavy (non-hydrogen) atoms. The van der Waals surface area contributed by atoms with Crippen molar-refractivity contribution in [3.05, 3.63) is 49.8 Å². The Hall–Kier alpha value is -0.790. The van der Waals surface area contributed by atoms with Gasteiger partial charge in [-0.2, -0.15) is 5.10 Å². The van der Waals surface area contributed by atoms with E-state index in [1.807, 2.05) is 12.1 Å². The molecule has 4 nitrogen and oxygen atoms in total. The minimum Gasteiger partial charge on any atom is -0.382 e. The summed E-state index contributed by atoms with van der Waals surface area (Å²) in [6.07, 6.45) is 1.66. The number of aryl methyl sites for hydroxylation is 1. The van der Waals surface area contributed by atoms with Crippen LogP contribution in [-0.4, -0.2) is 21.6 Å². The topological polar surface area (TPSA) is 46.9 Å². The van der Waals surface area contributed by atoms with Crippen LogP contribution in [0.25, 0.3) is 0 Å². The number of hydrogen-bond donors (Lipinski definition) is 1. The number of nitrogens with one attached hydrogen (secondary N) is 1. The summed E-state index contributed by atoms with van der Waals surface area (Å²) in [5.74, 6) is 0. The maximum Gasteiger partial charge on any atom is 0.282 e. The molecule has 0 bridgehead atoms. The lowest BCUT2D eigenvalue weighted by Crippen LogP contribution is -2.22. The van der Waals surface area contributed by atoms with Crippen molar-refractivity contribution in [1.29, 1.82) is 0 Å². The molecule has 0 saturated heterocycles. The number of nitrogens with zero attached hydrogens (tertiary/aromatic N) is 2. The molecule has 0 amide bonds. The van der Waals surface area contributed by atoms with Gasteiger partial charge in [0.1, 0.15) is 4.47 Å². The monoisotopic (exact) mass is 431 g/mol. The lowest BCUT2D eigenvalue weighted by atomic mass is 10.4. The summed E-state index contributed by atoms with van der Waals surface area (Å²) >= 11 is 8.52. The van der Waals surface area contributed by atoms with Crippen LogP contribution in [0.5, 0.6) is 0 Å². The molecule has 0 aliphatic rings. The first-order chi connectivity index (χ1) is 9.97. The Morgan fingerprint density at radius 2 is 2.00 bits per heavy atom. The first-order valence-electron chi connectivity index (χ1n) is 6.35. The molecule has 1 aromatic heterocycles. The smallest absolute Gasteiger partial charge is 0.282 e. The van der Waals surface area contributed by atoms with E-state index < -0.39 is 0 Å². The fourth-order valence-corrected chi connectivity index (χ4v) is 3.36. The summed E-state index contributed by atoms with van der Waals surface area (Å²) < 4.78 is 2.89. The van der Waals surface area contributed by atoms with Crippen molar-refractivity contribution in [1.82, 2.24) is 9.78 Å². The predicted molar refractivity (Wildman–Crippen MR) is 95.1 cm³/mol.